The summed E-state index contributed by atoms with van der Waals surface area (Å²) in [6.45, 7) is 9.29. The highest BCUT2D eigenvalue weighted by Gasteiger charge is 2.16. The zero-order valence-corrected chi connectivity index (χ0v) is 12.8. The molecule has 0 amide bonds. The lowest BCUT2D eigenvalue weighted by Gasteiger charge is -2.23. The first-order chi connectivity index (χ1) is 9.37. The Morgan fingerprint density at radius 1 is 1.15 bits per heavy atom. The molecule has 0 aliphatic heterocycles. The first-order valence-electron chi connectivity index (χ1n) is 7.08. The standard InChI is InChI=1S/C16H24N4/c1-11-13-7-5-6-8-14(13)15(20-19-11)18-10-12(17)9-16(2,3)4/h5-8,12H,9-10,17H2,1-4H3,(H,18,20). The second kappa shape index (κ2) is 5.75. The Kier molecular flexibility index (Phi) is 4.23. The van der Waals surface area contributed by atoms with Gasteiger partial charge >= 0.3 is 0 Å². The van der Waals surface area contributed by atoms with Crippen LogP contribution in [0.25, 0.3) is 10.8 Å². The van der Waals surface area contributed by atoms with Crippen LogP contribution in [-0.2, 0) is 0 Å². The monoisotopic (exact) mass is 272 g/mol. The summed E-state index contributed by atoms with van der Waals surface area (Å²) >= 11 is 0. The van der Waals surface area contributed by atoms with Crippen LogP contribution >= 0.6 is 0 Å². The van der Waals surface area contributed by atoms with Crippen molar-refractivity contribution in [3.05, 3.63) is 30.0 Å². The third-order valence-electron chi connectivity index (χ3n) is 3.28. The van der Waals surface area contributed by atoms with Gasteiger partial charge in [-0.25, -0.2) is 0 Å². The van der Waals surface area contributed by atoms with Gasteiger partial charge in [-0.2, -0.15) is 5.10 Å². The number of hydrogen-bond acceptors (Lipinski definition) is 4. The maximum Gasteiger partial charge on any atom is 0.156 e. The molecule has 20 heavy (non-hydrogen) atoms. The summed E-state index contributed by atoms with van der Waals surface area (Å²) in [4.78, 5) is 0. The van der Waals surface area contributed by atoms with Gasteiger partial charge in [0.25, 0.3) is 0 Å². The molecule has 1 aromatic heterocycles. The molecule has 0 aliphatic rings. The molecule has 1 atom stereocenters. The first-order valence-corrected chi connectivity index (χ1v) is 7.08. The van der Waals surface area contributed by atoms with E-state index in [0.29, 0.717) is 6.54 Å². The van der Waals surface area contributed by atoms with Crippen LogP contribution in [0.1, 0.15) is 32.9 Å². The second-order valence-electron chi connectivity index (χ2n) is 6.59. The highest BCUT2D eigenvalue weighted by molar-refractivity contribution is 5.92. The number of hydrogen-bond donors (Lipinski definition) is 2. The number of fused-ring (bicyclic) bond motifs is 1. The van der Waals surface area contributed by atoms with Gasteiger partial charge in [0.2, 0.25) is 0 Å². The smallest absolute Gasteiger partial charge is 0.156 e. The molecule has 1 unspecified atom stereocenters. The van der Waals surface area contributed by atoms with E-state index >= 15 is 0 Å². The van der Waals surface area contributed by atoms with Gasteiger partial charge in [0.1, 0.15) is 0 Å². The van der Waals surface area contributed by atoms with Crippen LogP contribution in [0.3, 0.4) is 0 Å². The van der Waals surface area contributed by atoms with Crippen molar-refractivity contribution in [2.45, 2.75) is 40.2 Å². The van der Waals surface area contributed by atoms with Crippen molar-refractivity contribution in [3.63, 3.8) is 0 Å². The fraction of sp³-hybridized carbons (Fsp3) is 0.500. The molecule has 1 heterocycles. The van der Waals surface area contributed by atoms with Crippen LogP contribution in [-0.4, -0.2) is 22.8 Å². The van der Waals surface area contributed by atoms with E-state index in [4.69, 9.17) is 5.73 Å². The number of benzene rings is 1. The molecule has 3 N–H and O–H groups in total. The fourth-order valence-corrected chi connectivity index (χ4v) is 2.45. The Bertz CT molecular complexity index is 587. The van der Waals surface area contributed by atoms with Gasteiger partial charge in [-0.05, 0) is 18.8 Å². The summed E-state index contributed by atoms with van der Waals surface area (Å²) in [5.74, 6) is 0.815. The maximum absolute atomic E-state index is 6.17. The van der Waals surface area contributed by atoms with Gasteiger partial charge in [0, 0.05) is 23.4 Å². The second-order valence-corrected chi connectivity index (χ2v) is 6.59. The Balaban J connectivity index is 2.13. The summed E-state index contributed by atoms with van der Waals surface area (Å²) in [6.07, 6.45) is 0.969. The summed E-state index contributed by atoms with van der Waals surface area (Å²) < 4.78 is 0. The van der Waals surface area contributed by atoms with Crippen LogP contribution in [0.4, 0.5) is 5.82 Å². The average Bonchev–Trinajstić information content (AvgIpc) is 2.36. The third-order valence-corrected chi connectivity index (χ3v) is 3.28. The summed E-state index contributed by atoms with van der Waals surface area (Å²) in [5.41, 5.74) is 7.36. The summed E-state index contributed by atoms with van der Waals surface area (Å²) in [7, 11) is 0. The zero-order chi connectivity index (χ0) is 14.8. The third kappa shape index (κ3) is 3.67. The van der Waals surface area contributed by atoms with Crippen molar-refractivity contribution in [3.8, 4) is 0 Å². The van der Waals surface area contributed by atoms with Gasteiger partial charge in [-0.1, -0.05) is 45.0 Å². The van der Waals surface area contributed by atoms with Crippen LogP contribution in [0.2, 0.25) is 0 Å². The van der Waals surface area contributed by atoms with Gasteiger partial charge in [0.05, 0.1) is 5.69 Å². The number of aryl methyl sites for hydroxylation is 1. The number of rotatable bonds is 4. The molecular weight excluding hydrogens is 248 g/mol. The van der Waals surface area contributed by atoms with Crippen LogP contribution in [0.5, 0.6) is 0 Å². The van der Waals surface area contributed by atoms with Crippen molar-refractivity contribution in [2.75, 3.05) is 11.9 Å². The molecule has 0 saturated heterocycles. The minimum Gasteiger partial charge on any atom is -0.367 e. The number of nitrogens with one attached hydrogen (secondary N) is 1. The van der Waals surface area contributed by atoms with Crippen molar-refractivity contribution in [2.24, 2.45) is 11.1 Å². The molecule has 1 aromatic carbocycles. The van der Waals surface area contributed by atoms with E-state index < -0.39 is 0 Å². The zero-order valence-electron chi connectivity index (χ0n) is 12.8. The highest BCUT2D eigenvalue weighted by Crippen LogP contribution is 2.23. The van der Waals surface area contributed by atoms with Crippen molar-refractivity contribution < 1.29 is 0 Å². The fourth-order valence-electron chi connectivity index (χ4n) is 2.45. The number of nitrogens with zero attached hydrogens (tertiary/aromatic N) is 2. The minimum absolute atomic E-state index is 0.108. The predicted octanol–water partition coefficient (Wildman–Crippen LogP) is 3.11. The molecule has 0 aliphatic carbocycles. The topological polar surface area (TPSA) is 63.8 Å². The Morgan fingerprint density at radius 2 is 1.80 bits per heavy atom. The molecule has 0 fully saturated rings. The Labute approximate surface area is 120 Å². The van der Waals surface area contributed by atoms with E-state index in [1.165, 1.54) is 0 Å². The molecule has 108 valence electrons. The van der Waals surface area contributed by atoms with Crippen molar-refractivity contribution >= 4 is 16.6 Å². The Morgan fingerprint density at radius 3 is 2.45 bits per heavy atom. The van der Waals surface area contributed by atoms with Gasteiger partial charge < -0.3 is 11.1 Å². The normalized spacial score (nSPS) is 13.4. The van der Waals surface area contributed by atoms with E-state index in [2.05, 4.69) is 48.4 Å². The summed E-state index contributed by atoms with van der Waals surface area (Å²) in [5, 5.41) is 14.0. The van der Waals surface area contributed by atoms with Gasteiger partial charge in [-0.3, -0.25) is 0 Å². The van der Waals surface area contributed by atoms with Crippen LogP contribution < -0.4 is 11.1 Å². The summed E-state index contributed by atoms with van der Waals surface area (Å²) in [6, 6.07) is 8.28. The molecule has 2 aromatic rings. The van der Waals surface area contributed by atoms with E-state index in [9.17, 15) is 0 Å². The van der Waals surface area contributed by atoms with Gasteiger partial charge in [0.15, 0.2) is 5.82 Å². The van der Waals surface area contributed by atoms with E-state index in [0.717, 1.165) is 28.7 Å². The largest absolute Gasteiger partial charge is 0.367 e. The predicted molar refractivity (Wildman–Crippen MR) is 84.8 cm³/mol. The van der Waals surface area contributed by atoms with Crippen molar-refractivity contribution in [1.82, 2.24) is 10.2 Å². The molecule has 4 heteroatoms. The maximum atomic E-state index is 6.17. The number of anilines is 1. The minimum atomic E-state index is 0.108. The van der Waals surface area contributed by atoms with Crippen molar-refractivity contribution in [1.29, 1.82) is 0 Å². The highest BCUT2D eigenvalue weighted by atomic mass is 15.2. The number of aromatic nitrogens is 2. The Hall–Kier alpha value is -1.68. The van der Waals surface area contributed by atoms with Crippen LogP contribution in [0.15, 0.2) is 24.3 Å². The quantitative estimate of drug-likeness (QED) is 0.897. The van der Waals surface area contributed by atoms with Gasteiger partial charge in [-0.15, -0.1) is 5.10 Å². The van der Waals surface area contributed by atoms with Crippen LogP contribution in [0, 0.1) is 12.3 Å². The average molecular weight is 272 g/mol. The molecular formula is C16H24N4. The van der Waals surface area contributed by atoms with E-state index in [1.807, 2.05) is 19.1 Å². The molecule has 4 nitrogen and oxygen atoms in total. The SMILES string of the molecule is Cc1nnc(NCC(N)CC(C)(C)C)c2ccccc12. The first kappa shape index (κ1) is 14.7. The lowest BCUT2D eigenvalue weighted by atomic mass is 9.88. The molecule has 0 spiro atoms. The number of nitrogens with two attached hydrogens (primary N) is 1. The lowest BCUT2D eigenvalue weighted by Crippen LogP contribution is -2.33. The molecule has 0 radical (unpaired) electrons. The molecule has 0 bridgehead atoms. The lowest BCUT2D eigenvalue weighted by molar-refractivity contribution is 0.344. The molecule has 2 rings (SSSR count). The van der Waals surface area contributed by atoms with E-state index in [-0.39, 0.29) is 11.5 Å². The molecule has 0 saturated carbocycles. The van der Waals surface area contributed by atoms with E-state index in [1.54, 1.807) is 0 Å².